The van der Waals surface area contributed by atoms with Gasteiger partial charge in [0.25, 0.3) is 0 Å². The third-order valence-corrected chi connectivity index (χ3v) is 4.90. The van der Waals surface area contributed by atoms with E-state index in [1.54, 1.807) is 14.2 Å². The lowest BCUT2D eigenvalue weighted by molar-refractivity contribution is 0.354. The normalized spacial score (nSPS) is 10.8. The summed E-state index contributed by atoms with van der Waals surface area (Å²) in [6.07, 6.45) is 2.48. The molecule has 0 spiro atoms. The Balaban J connectivity index is 2.04. The van der Waals surface area contributed by atoms with Gasteiger partial charge in [0, 0.05) is 22.5 Å². The van der Waals surface area contributed by atoms with Gasteiger partial charge in [0.05, 0.1) is 24.8 Å². The van der Waals surface area contributed by atoms with E-state index in [4.69, 9.17) is 21.1 Å². The van der Waals surface area contributed by atoms with E-state index in [0.717, 1.165) is 31.5 Å². The van der Waals surface area contributed by atoms with Gasteiger partial charge in [-0.25, -0.2) is 0 Å². The summed E-state index contributed by atoms with van der Waals surface area (Å²) in [5.41, 5.74) is 2.92. The minimum absolute atomic E-state index is 0.650. The van der Waals surface area contributed by atoms with Crippen LogP contribution >= 0.6 is 27.5 Å². The summed E-state index contributed by atoms with van der Waals surface area (Å²) in [6.45, 7) is 0. The van der Waals surface area contributed by atoms with Crippen molar-refractivity contribution in [1.29, 1.82) is 0 Å². The first-order chi connectivity index (χ1) is 11.1. The second kappa shape index (κ2) is 6.77. The fourth-order valence-electron chi connectivity index (χ4n) is 2.51. The van der Waals surface area contributed by atoms with Crippen LogP contribution in [0.2, 0.25) is 5.02 Å². The quantitative estimate of drug-likeness (QED) is 0.607. The number of rotatable bonds is 4. The van der Waals surface area contributed by atoms with Gasteiger partial charge in [-0.1, -0.05) is 45.7 Å². The number of halogens is 2. The molecule has 2 aromatic carbocycles. The number of nitrogens with zero attached hydrogens (tertiary/aromatic N) is 1. The minimum atomic E-state index is 0.650. The molecular formula is C18H15BrClNO2. The molecule has 3 nitrogen and oxygen atoms in total. The third-order valence-electron chi connectivity index (χ3n) is 3.72. The topological polar surface area (TPSA) is 31.4 Å². The molecule has 0 bridgehead atoms. The number of pyridine rings is 1. The van der Waals surface area contributed by atoms with Crippen molar-refractivity contribution in [3.8, 4) is 11.5 Å². The Morgan fingerprint density at radius 3 is 2.48 bits per heavy atom. The van der Waals surface area contributed by atoms with Crippen LogP contribution in [0.4, 0.5) is 0 Å². The molecule has 0 aliphatic carbocycles. The Hall–Kier alpha value is -1.78. The van der Waals surface area contributed by atoms with Crippen LogP contribution in [0.1, 0.15) is 11.1 Å². The van der Waals surface area contributed by atoms with Crippen LogP contribution in [0.3, 0.4) is 0 Å². The first-order valence-corrected chi connectivity index (χ1v) is 8.23. The van der Waals surface area contributed by atoms with Crippen LogP contribution in [0.5, 0.6) is 11.5 Å². The average Bonchev–Trinajstić information content (AvgIpc) is 2.58. The molecule has 0 amide bonds. The van der Waals surface area contributed by atoms with E-state index in [-0.39, 0.29) is 0 Å². The maximum atomic E-state index is 6.56. The SMILES string of the molecule is COc1cc(Br)c(Cc2cnc3ccccc3c2Cl)cc1OC. The number of ether oxygens (including phenoxy) is 2. The number of methoxy groups -OCH3 is 2. The molecule has 0 radical (unpaired) electrons. The highest BCUT2D eigenvalue weighted by Crippen LogP contribution is 2.35. The van der Waals surface area contributed by atoms with Crippen molar-refractivity contribution in [3.63, 3.8) is 0 Å². The molecule has 0 fully saturated rings. The monoisotopic (exact) mass is 391 g/mol. The van der Waals surface area contributed by atoms with Gasteiger partial charge in [0.1, 0.15) is 0 Å². The molecule has 23 heavy (non-hydrogen) atoms. The predicted octanol–water partition coefficient (Wildman–Crippen LogP) is 5.26. The largest absolute Gasteiger partial charge is 0.493 e. The van der Waals surface area contributed by atoms with Gasteiger partial charge in [-0.05, 0) is 29.3 Å². The van der Waals surface area contributed by atoms with Gasteiger partial charge in [-0.3, -0.25) is 4.98 Å². The first-order valence-electron chi connectivity index (χ1n) is 7.06. The Bertz CT molecular complexity index is 867. The highest BCUT2D eigenvalue weighted by atomic mass is 79.9. The van der Waals surface area contributed by atoms with Crippen LogP contribution in [-0.2, 0) is 6.42 Å². The van der Waals surface area contributed by atoms with Gasteiger partial charge in [0.2, 0.25) is 0 Å². The van der Waals surface area contributed by atoms with Crippen LogP contribution in [0, 0.1) is 0 Å². The van der Waals surface area contributed by atoms with E-state index in [1.807, 2.05) is 42.6 Å². The van der Waals surface area contributed by atoms with Crippen LogP contribution < -0.4 is 9.47 Å². The number of benzene rings is 2. The lowest BCUT2D eigenvalue weighted by atomic mass is 10.0. The number of aromatic nitrogens is 1. The molecule has 1 aromatic heterocycles. The number of para-hydroxylation sites is 1. The molecule has 0 aliphatic heterocycles. The molecule has 0 atom stereocenters. The maximum absolute atomic E-state index is 6.56. The summed E-state index contributed by atoms with van der Waals surface area (Å²) in [5.74, 6) is 1.38. The van der Waals surface area contributed by atoms with E-state index in [2.05, 4.69) is 20.9 Å². The summed E-state index contributed by atoms with van der Waals surface area (Å²) in [6, 6.07) is 11.7. The van der Waals surface area contributed by atoms with Gasteiger partial charge < -0.3 is 9.47 Å². The summed E-state index contributed by atoms with van der Waals surface area (Å²) in [7, 11) is 3.24. The zero-order valence-electron chi connectivity index (χ0n) is 12.8. The van der Waals surface area contributed by atoms with Crippen molar-refractivity contribution < 1.29 is 9.47 Å². The maximum Gasteiger partial charge on any atom is 0.161 e. The van der Waals surface area contributed by atoms with Crippen molar-refractivity contribution in [3.05, 3.63) is 63.2 Å². The predicted molar refractivity (Wildman–Crippen MR) is 96.8 cm³/mol. The van der Waals surface area contributed by atoms with Crippen LogP contribution in [0.25, 0.3) is 10.9 Å². The molecule has 0 N–H and O–H groups in total. The number of fused-ring (bicyclic) bond motifs is 1. The number of hydrogen-bond donors (Lipinski definition) is 0. The minimum Gasteiger partial charge on any atom is -0.493 e. The van der Waals surface area contributed by atoms with E-state index in [0.29, 0.717) is 17.9 Å². The highest BCUT2D eigenvalue weighted by Gasteiger charge is 2.13. The third kappa shape index (κ3) is 3.14. The lowest BCUT2D eigenvalue weighted by Crippen LogP contribution is -1.97. The van der Waals surface area contributed by atoms with Crippen LogP contribution in [-0.4, -0.2) is 19.2 Å². The summed E-state index contributed by atoms with van der Waals surface area (Å²) in [4.78, 5) is 4.49. The highest BCUT2D eigenvalue weighted by molar-refractivity contribution is 9.10. The van der Waals surface area contributed by atoms with E-state index in [1.165, 1.54) is 0 Å². The Labute approximate surface area is 148 Å². The zero-order valence-corrected chi connectivity index (χ0v) is 15.1. The summed E-state index contributed by atoms with van der Waals surface area (Å²) >= 11 is 10.1. The molecule has 0 unspecified atom stereocenters. The van der Waals surface area contributed by atoms with E-state index < -0.39 is 0 Å². The fraction of sp³-hybridized carbons (Fsp3) is 0.167. The van der Waals surface area contributed by atoms with Crippen molar-refractivity contribution in [2.45, 2.75) is 6.42 Å². The Morgan fingerprint density at radius 2 is 1.74 bits per heavy atom. The second-order valence-corrected chi connectivity index (χ2v) is 6.32. The van der Waals surface area contributed by atoms with Gasteiger partial charge in [0.15, 0.2) is 11.5 Å². The molecular weight excluding hydrogens is 378 g/mol. The lowest BCUT2D eigenvalue weighted by Gasteiger charge is -2.13. The fourth-order valence-corrected chi connectivity index (χ4v) is 3.25. The molecule has 3 rings (SSSR count). The van der Waals surface area contributed by atoms with Crippen molar-refractivity contribution >= 4 is 38.4 Å². The van der Waals surface area contributed by atoms with Crippen molar-refractivity contribution in [2.24, 2.45) is 0 Å². The van der Waals surface area contributed by atoms with Gasteiger partial charge in [-0.2, -0.15) is 0 Å². The average molecular weight is 393 g/mol. The molecule has 118 valence electrons. The molecule has 0 aliphatic rings. The van der Waals surface area contributed by atoms with Gasteiger partial charge >= 0.3 is 0 Å². The van der Waals surface area contributed by atoms with E-state index in [9.17, 15) is 0 Å². The number of hydrogen-bond acceptors (Lipinski definition) is 3. The second-order valence-electron chi connectivity index (χ2n) is 5.09. The molecule has 0 saturated carbocycles. The Kier molecular flexibility index (Phi) is 4.74. The molecule has 0 saturated heterocycles. The molecule has 1 heterocycles. The molecule has 3 aromatic rings. The molecule has 5 heteroatoms. The summed E-state index contributed by atoms with van der Waals surface area (Å²) < 4.78 is 11.6. The Morgan fingerprint density at radius 1 is 1.04 bits per heavy atom. The first kappa shape index (κ1) is 16.1. The van der Waals surface area contributed by atoms with Crippen molar-refractivity contribution in [1.82, 2.24) is 4.98 Å². The van der Waals surface area contributed by atoms with E-state index >= 15 is 0 Å². The van der Waals surface area contributed by atoms with Crippen LogP contribution in [0.15, 0.2) is 47.1 Å². The smallest absolute Gasteiger partial charge is 0.161 e. The zero-order chi connectivity index (χ0) is 16.4. The van der Waals surface area contributed by atoms with Crippen molar-refractivity contribution in [2.75, 3.05) is 14.2 Å². The van der Waals surface area contributed by atoms with Gasteiger partial charge in [-0.15, -0.1) is 0 Å². The summed E-state index contributed by atoms with van der Waals surface area (Å²) in [5, 5.41) is 1.69. The standard InChI is InChI=1S/C18H15BrClNO2/c1-22-16-8-11(14(19)9-17(16)23-2)7-12-10-21-15-6-4-3-5-13(15)18(12)20/h3-6,8-10H,7H2,1-2H3.